The molecule has 26 heavy (non-hydrogen) atoms. The van der Waals surface area contributed by atoms with Crippen molar-refractivity contribution in [2.45, 2.75) is 39.3 Å². The van der Waals surface area contributed by atoms with Gasteiger partial charge in [-0.25, -0.2) is 4.98 Å². The number of carbonyl (C=O) groups is 2. The van der Waals surface area contributed by atoms with E-state index in [-0.39, 0.29) is 24.3 Å². The van der Waals surface area contributed by atoms with Crippen LogP contribution in [0.5, 0.6) is 0 Å². The molecule has 136 valence electrons. The van der Waals surface area contributed by atoms with E-state index in [1.807, 2.05) is 46.3 Å². The first kappa shape index (κ1) is 18.1. The first-order chi connectivity index (χ1) is 12.6. The minimum Gasteiger partial charge on any atom is -0.348 e. The fraction of sp³-hybridized carbons (Fsp3) is 0.316. The Morgan fingerprint density at radius 2 is 2.04 bits per heavy atom. The molecule has 2 aromatic heterocycles. The van der Waals surface area contributed by atoms with E-state index in [4.69, 9.17) is 0 Å². The van der Waals surface area contributed by atoms with Crippen molar-refractivity contribution < 1.29 is 9.59 Å². The van der Waals surface area contributed by atoms with Gasteiger partial charge in [0.25, 0.3) is 0 Å². The Balaban J connectivity index is 1.79. The molecular formula is C19H22N4O2S. The second-order valence-corrected chi connectivity index (χ2v) is 7.08. The summed E-state index contributed by atoms with van der Waals surface area (Å²) >= 11 is 1.52. The average molecular weight is 370 g/mol. The van der Waals surface area contributed by atoms with E-state index in [2.05, 4.69) is 22.5 Å². The lowest BCUT2D eigenvalue weighted by Crippen LogP contribution is -2.29. The molecule has 0 aliphatic rings. The van der Waals surface area contributed by atoms with Crippen molar-refractivity contribution >= 4 is 40.1 Å². The van der Waals surface area contributed by atoms with Gasteiger partial charge in [0.05, 0.1) is 23.5 Å². The number of nitrogens with zero attached hydrogens (tertiary/aromatic N) is 2. The smallest absolute Gasteiger partial charge is 0.229 e. The zero-order valence-electron chi connectivity index (χ0n) is 14.9. The molecule has 0 aliphatic carbocycles. The maximum absolute atomic E-state index is 12.6. The van der Waals surface area contributed by atoms with E-state index in [0.717, 1.165) is 28.9 Å². The summed E-state index contributed by atoms with van der Waals surface area (Å²) in [5.41, 5.74) is 1.86. The molecule has 0 aliphatic heterocycles. The Hall–Kier alpha value is -2.67. The van der Waals surface area contributed by atoms with Crippen molar-refractivity contribution in [1.29, 1.82) is 0 Å². The van der Waals surface area contributed by atoms with Gasteiger partial charge in [0.2, 0.25) is 17.8 Å². The third-order valence-electron chi connectivity index (χ3n) is 4.01. The quantitative estimate of drug-likeness (QED) is 0.666. The van der Waals surface area contributed by atoms with E-state index < -0.39 is 0 Å². The summed E-state index contributed by atoms with van der Waals surface area (Å²) < 4.78 is 2.02. The van der Waals surface area contributed by atoms with Gasteiger partial charge in [-0.3, -0.25) is 14.9 Å². The molecule has 0 spiro atoms. The van der Waals surface area contributed by atoms with Gasteiger partial charge in [0.15, 0.2) is 0 Å². The number of rotatable bonds is 7. The van der Waals surface area contributed by atoms with Crippen LogP contribution in [-0.4, -0.2) is 21.4 Å². The van der Waals surface area contributed by atoms with Gasteiger partial charge < -0.3 is 9.88 Å². The number of aryl methyl sites for hydroxylation is 1. The Morgan fingerprint density at radius 3 is 2.73 bits per heavy atom. The molecule has 0 radical (unpaired) electrons. The maximum atomic E-state index is 12.6. The maximum Gasteiger partial charge on any atom is 0.229 e. The van der Waals surface area contributed by atoms with Crippen LogP contribution in [0.3, 0.4) is 0 Å². The number of anilines is 1. The second-order valence-electron chi connectivity index (χ2n) is 6.10. The number of imidazole rings is 1. The summed E-state index contributed by atoms with van der Waals surface area (Å²) in [6.45, 7) is 4.32. The molecule has 3 aromatic rings. The van der Waals surface area contributed by atoms with Crippen LogP contribution in [0, 0.1) is 0 Å². The standard InChI is InChI=1S/C19H22N4O2S/c1-3-10-23-16-8-5-4-7-14(16)21-19(23)22-18(25)12-15(20-13(2)24)17-9-6-11-26-17/h4-9,11,15H,3,10,12H2,1-2H3,(H,20,24)(H,21,22,25)/t15-/m0/s1. The van der Waals surface area contributed by atoms with Crippen LogP contribution in [0.4, 0.5) is 5.95 Å². The molecule has 0 saturated carbocycles. The summed E-state index contributed by atoms with van der Waals surface area (Å²) in [6, 6.07) is 11.3. The topological polar surface area (TPSA) is 76.0 Å². The van der Waals surface area contributed by atoms with Crippen molar-refractivity contribution in [3.63, 3.8) is 0 Å². The minimum absolute atomic E-state index is 0.158. The number of aromatic nitrogens is 2. The van der Waals surface area contributed by atoms with E-state index in [0.29, 0.717) is 5.95 Å². The zero-order valence-corrected chi connectivity index (χ0v) is 15.7. The third kappa shape index (κ3) is 4.11. The summed E-state index contributed by atoms with van der Waals surface area (Å²) in [6.07, 6.45) is 1.10. The van der Waals surface area contributed by atoms with Gasteiger partial charge in [-0.2, -0.15) is 0 Å². The molecule has 1 aromatic carbocycles. The lowest BCUT2D eigenvalue weighted by molar-refractivity contribution is -0.120. The summed E-state index contributed by atoms with van der Waals surface area (Å²) in [4.78, 5) is 29.6. The van der Waals surface area contributed by atoms with Gasteiger partial charge in [-0.15, -0.1) is 11.3 Å². The predicted molar refractivity (Wildman–Crippen MR) is 104 cm³/mol. The minimum atomic E-state index is -0.337. The average Bonchev–Trinajstić information content (AvgIpc) is 3.23. The molecular weight excluding hydrogens is 348 g/mol. The van der Waals surface area contributed by atoms with E-state index in [1.54, 1.807) is 0 Å². The Bertz CT molecular complexity index is 902. The predicted octanol–water partition coefficient (Wildman–Crippen LogP) is 3.71. The van der Waals surface area contributed by atoms with Crippen molar-refractivity contribution in [3.8, 4) is 0 Å². The number of carbonyl (C=O) groups excluding carboxylic acids is 2. The van der Waals surface area contributed by atoms with Gasteiger partial charge in [0, 0.05) is 18.3 Å². The molecule has 1 atom stereocenters. The molecule has 2 heterocycles. The SMILES string of the molecule is CCCn1c(NC(=O)C[C@H](NC(C)=O)c2cccs2)nc2ccccc21. The molecule has 0 saturated heterocycles. The van der Waals surface area contributed by atoms with E-state index >= 15 is 0 Å². The number of benzene rings is 1. The van der Waals surface area contributed by atoms with Gasteiger partial charge >= 0.3 is 0 Å². The van der Waals surface area contributed by atoms with E-state index in [1.165, 1.54) is 18.3 Å². The van der Waals surface area contributed by atoms with Gasteiger partial charge in [-0.05, 0) is 30.0 Å². The monoisotopic (exact) mass is 370 g/mol. The second kappa shape index (κ2) is 8.14. The Labute approximate surface area is 156 Å². The van der Waals surface area contributed by atoms with Crippen LogP contribution in [0.25, 0.3) is 11.0 Å². The van der Waals surface area contributed by atoms with Crippen LogP contribution in [-0.2, 0) is 16.1 Å². The number of nitrogens with one attached hydrogen (secondary N) is 2. The molecule has 0 fully saturated rings. The van der Waals surface area contributed by atoms with Crippen molar-refractivity contribution in [2.75, 3.05) is 5.32 Å². The number of amides is 2. The van der Waals surface area contributed by atoms with Crippen LogP contribution < -0.4 is 10.6 Å². The largest absolute Gasteiger partial charge is 0.348 e. The zero-order chi connectivity index (χ0) is 18.5. The first-order valence-electron chi connectivity index (χ1n) is 8.64. The summed E-state index contributed by atoms with van der Waals surface area (Å²) in [5.74, 6) is 0.213. The van der Waals surface area contributed by atoms with Crippen LogP contribution in [0.15, 0.2) is 41.8 Å². The lowest BCUT2D eigenvalue weighted by atomic mass is 10.1. The normalized spacial score (nSPS) is 12.1. The number of thiophene rings is 1. The highest BCUT2D eigenvalue weighted by atomic mass is 32.1. The van der Waals surface area contributed by atoms with Crippen molar-refractivity contribution in [2.24, 2.45) is 0 Å². The first-order valence-corrected chi connectivity index (χ1v) is 9.52. The number of hydrogen-bond donors (Lipinski definition) is 2. The lowest BCUT2D eigenvalue weighted by Gasteiger charge is -2.16. The number of fused-ring (bicyclic) bond motifs is 1. The summed E-state index contributed by atoms with van der Waals surface area (Å²) in [7, 11) is 0. The van der Waals surface area contributed by atoms with Crippen molar-refractivity contribution in [3.05, 3.63) is 46.7 Å². The highest BCUT2D eigenvalue weighted by Crippen LogP contribution is 2.24. The molecule has 2 N–H and O–H groups in total. The summed E-state index contributed by atoms with van der Waals surface area (Å²) in [5, 5.41) is 7.70. The molecule has 7 heteroatoms. The van der Waals surface area contributed by atoms with Gasteiger partial charge in [0.1, 0.15) is 0 Å². The Kier molecular flexibility index (Phi) is 5.68. The molecule has 0 unspecified atom stereocenters. The molecule has 3 rings (SSSR count). The molecule has 0 bridgehead atoms. The van der Waals surface area contributed by atoms with E-state index in [9.17, 15) is 9.59 Å². The fourth-order valence-electron chi connectivity index (χ4n) is 2.94. The third-order valence-corrected chi connectivity index (χ3v) is 4.99. The van der Waals surface area contributed by atoms with Gasteiger partial charge in [-0.1, -0.05) is 25.1 Å². The highest BCUT2D eigenvalue weighted by Gasteiger charge is 2.20. The molecule has 2 amide bonds. The van der Waals surface area contributed by atoms with Crippen LogP contribution in [0.1, 0.15) is 37.6 Å². The van der Waals surface area contributed by atoms with Crippen molar-refractivity contribution in [1.82, 2.24) is 14.9 Å². The molecule has 6 nitrogen and oxygen atoms in total. The van der Waals surface area contributed by atoms with Crippen LogP contribution in [0.2, 0.25) is 0 Å². The number of para-hydroxylation sites is 2. The van der Waals surface area contributed by atoms with Crippen LogP contribution >= 0.6 is 11.3 Å². The fourth-order valence-corrected chi connectivity index (χ4v) is 3.72. The number of hydrogen-bond acceptors (Lipinski definition) is 4. The highest BCUT2D eigenvalue weighted by molar-refractivity contribution is 7.10. The Morgan fingerprint density at radius 1 is 1.23 bits per heavy atom.